The molecule has 0 amide bonds. The van der Waals surface area contributed by atoms with Gasteiger partial charge in [-0.05, 0) is 12.8 Å². The summed E-state index contributed by atoms with van der Waals surface area (Å²) < 4.78 is 4.80. The molecule has 0 aliphatic heterocycles. The molecule has 0 unspecified atom stereocenters. The summed E-state index contributed by atoms with van der Waals surface area (Å²) in [5.74, 6) is 0. The van der Waals surface area contributed by atoms with Gasteiger partial charge < -0.3 is 4.74 Å². The molecule has 0 spiro atoms. The minimum Gasteiger partial charge on any atom is -0.378 e. The molecular formula is C7H11NO. The third-order valence-electron chi connectivity index (χ3n) is 0.806. The summed E-state index contributed by atoms with van der Waals surface area (Å²) >= 11 is 0. The molecule has 9 heavy (non-hydrogen) atoms. The summed E-state index contributed by atoms with van der Waals surface area (Å²) in [4.78, 5) is 3.68. The van der Waals surface area contributed by atoms with Crippen molar-refractivity contribution in [3.05, 3.63) is 24.4 Å². The molecule has 0 N–H and O–H groups in total. The van der Waals surface area contributed by atoms with Gasteiger partial charge in [0.25, 0.3) is 0 Å². The van der Waals surface area contributed by atoms with Gasteiger partial charge in [0.2, 0.25) is 0 Å². The lowest BCUT2D eigenvalue weighted by molar-refractivity contribution is 0.225. The Bertz CT molecular complexity index is 127. The Morgan fingerprint density at radius 2 is 2.44 bits per heavy atom. The van der Waals surface area contributed by atoms with Crippen LogP contribution < -0.4 is 0 Å². The summed E-state index contributed by atoms with van der Waals surface area (Å²) in [6.45, 7) is 7.36. The monoisotopic (exact) mass is 125 g/mol. The Morgan fingerprint density at radius 1 is 1.78 bits per heavy atom. The number of rotatable bonds is 4. The quantitative estimate of drug-likeness (QED) is 0.411. The molecule has 0 aromatic carbocycles. The zero-order valence-corrected chi connectivity index (χ0v) is 5.63. The van der Waals surface area contributed by atoms with Crippen molar-refractivity contribution >= 4 is 6.72 Å². The van der Waals surface area contributed by atoms with Crippen LogP contribution in [-0.2, 0) is 4.74 Å². The molecule has 0 aliphatic rings. The van der Waals surface area contributed by atoms with E-state index in [4.69, 9.17) is 4.74 Å². The van der Waals surface area contributed by atoms with E-state index in [-0.39, 0.29) is 0 Å². The molecule has 0 radical (unpaired) electrons. The van der Waals surface area contributed by atoms with Crippen LogP contribution in [0.2, 0.25) is 0 Å². The van der Waals surface area contributed by atoms with Crippen LogP contribution in [-0.4, -0.2) is 20.4 Å². The molecule has 0 aliphatic carbocycles. The van der Waals surface area contributed by atoms with Crippen molar-refractivity contribution < 1.29 is 4.74 Å². The third kappa shape index (κ3) is 3.67. The zero-order valence-electron chi connectivity index (χ0n) is 5.63. The molecule has 2 nitrogen and oxygen atoms in total. The molecule has 0 fully saturated rings. The second-order valence-electron chi connectivity index (χ2n) is 1.48. The van der Waals surface area contributed by atoms with E-state index in [9.17, 15) is 0 Å². The lowest BCUT2D eigenvalue weighted by atomic mass is 10.4. The summed E-state index contributed by atoms with van der Waals surface area (Å²) in [5, 5.41) is 0. The highest BCUT2D eigenvalue weighted by atomic mass is 16.5. The summed E-state index contributed by atoms with van der Waals surface area (Å²) in [6, 6.07) is 0. The summed E-state index contributed by atoms with van der Waals surface area (Å²) in [7, 11) is 1.61. The van der Waals surface area contributed by atoms with Gasteiger partial charge in [0.1, 0.15) is 0 Å². The Kier molecular flexibility index (Phi) is 4.73. The maximum Gasteiger partial charge on any atom is 0.0883 e. The van der Waals surface area contributed by atoms with Crippen LogP contribution in [0.25, 0.3) is 0 Å². The minimum absolute atomic E-state index is 0.496. The topological polar surface area (TPSA) is 21.6 Å². The van der Waals surface area contributed by atoms with Gasteiger partial charge in [0, 0.05) is 7.11 Å². The van der Waals surface area contributed by atoms with Gasteiger partial charge in [0.05, 0.1) is 12.3 Å². The van der Waals surface area contributed by atoms with E-state index in [0.717, 1.165) is 5.70 Å². The van der Waals surface area contributed by atoms with Crippen LogP contribution in [0.3, 0.4) is 0 Å². The van der Waals surface area contributed by atoms with Crippen LogP contribution >= 0.6 is 0 Å². The highest BCUT2D eigenvalue weighted by Gasteiger charge is 1.85. The van der Waals surface area contributed by atoms with E-state index < -0.39 is 0 Å². The first kappa shape index (κ1) is 8.11. The van der Waals surface area contributed by atoms with E-state index in [1.807, 2.05) is 0 Å². The normalized spacial score (nSPS) is 11.0. The first-order chi connectivity index (χ1) is 4.35. The third-order valence-corrected chi connectivity index (χ3v) is 0.806. The van der Waals surface area contributed by atoms with Crippen LogP contribution in [0.5, 0.6) is 0 Å². The molecule has 0 rings (SSSR count). The van der Waals surface area contributed by atoms with Gasteiger partial charge in [-0.3, -0.25) is 4.99 Å². The Hall–Kier alpha value is -0.890. The second kappa shape index (κ2) is 5.25. The van der Waals surface area contributed by atoms with Crippen LogP contribution in [0.15, 0.2) is 29.4 Å². The first-order valence-corrected chi connectivity index (χ1v) is 2.62. The van der Waals surface area contributed by atoms with Crippen molar-refractivity contribution in [2.75, 3.05) is 13.7 Å². The number of hydrogen-bond donors (Lipinski definition) is 0. The lowest BCUT2D eigenvalue weighted by Crippen LogP contribution is -1.89. The van der Waals surface area contributed by atoms with Gasteiger partial charge in [-0.25, -0.2) is 0 Å². The smallest absolute Gasteiger partial charge is 0.0883 e. The standard InChI is InChI=1S/C7H11NO/c1-4-5-7(8-2)6-9-3/h4-5H,1-2,6H2,3H3/b7-5-. The summed E-state index contributed by atoms with van der Waals surface area (Å²) in [5.41, 5.74) is 0.799. The van der Waals surface area contributed by atoms with E-state index in [1.165, 1.54) is 0 Å². The molecule has 0 aromatic heterocycles. The molecule has 0 saturated carbocycles. The Labute approximate surface area is 55.6 Å². The van der Waals surface area contributed by atoms with Gasteiger partial charge in [-0.1, -0.05) is 12.7 Å². The van der Waals surface area contributed by atoms with Gasteiger partial charge >= 0.3 is 0 Å². The number of aliphatic imine (C=N–C) groups is 1. The van der Waals surface area contributed by atoms with E-state index in [1.54, 1.807) is 19.3 Å². The van der Waals surface area contributed by atoms with Crippen molar-refractivity contribution in [2.24, 2.45) is 4.99 Å². The number of allylic oxidation sites excluding steroid dienone is 2. The van der Waals surface area contributed by atoms with E-state index in [0.29, 0.717) is 6.61 Å². The van der Waals surface area contributed by atoms with Gasteiger partial charge in [0.15, 0.2) is 0 Å². The fourth-order valence-electron chi connectivity index (χ4n) is 0.430. The first-order valence-electron chi connectivity index (χ1n) is 2.62. The molecular weight excluding hydrogens is 114 g/mol. The SMILES string of the molecule is C=C/C=C(/COC)N=C. The Morgan fingerprint density at radius 3 is 2.78 bits per heavy atom. The van der Waals surface area contributed by atoms with Crippen molar-refractivity contribution in [2.45, 2.75) is 0 Å². The molecule has 0 atom stereocenters. The zero-order chi connectivity index (χ0) is 7.11. The van der Waals surface area contributed by atoms with Crippen molar-refractivity contribution in [1.82, 2.24) is 0 Å². The van der Waals surface area contributed by atoms with Crippen LogP contribution in [0.4, 0.5) is 0 Å². The average molecular weight is 125 g/mol. The molecule has 0 heterocycles. The van der Waals surface area contributed by atoms with Crippen LogP contribution in [0, 0.1) is 0 Å². The largest absolute Gasteiger partial charge is 0.378 e. The molecule has 0 aromatic rings. The number of methoxy groups -OCH3 is 1. The highest BCUT2D eigenvalue weighted by molar-refractivity contribution is 5.30. The molecule has 50 valence electrons. The fraction of sp³-hybridized carbons (Fsp3) is 0.286. The summed E-state index contributed by atoms with van der Waals surface area (Å²) in [6.07, 6.45) is 3.42. The van der Waals surface area contributed by atoms with Gasteiger partial charge in [-0.2, -0.15) is 0 Å². The van der Waals surface area contributed by atoms with Crippen molar-refractivity contribution in [1.29, 1.82) is 0 Å². The van der Waals surface area contributed by atoms with Gasteiger partial charge in [-0.15, -0.1) is 0 Å². The molecule has 0 saturated heterocycles. The Balaban J connectivity index is 3.80. The number of hydrogen-bond acceptors (Lipinski definition) is 2. The maximum absolute atomic E-state index is 4.80. The molecule has 0 bridgehead atoms. The number of nitrogens with zero attached hydrogens (tertiary/aromatic N) is 1. The molecule has 2 heteroatoms. The van der Waals surface area contributed by atoms with Crippen molar-refractivity contribution in [3.8, 4) is 0 Å². The average Bonchev–Trinajstić information content (AvgIpc) is 1.88. The lowest BCUT2D eigenvalue weighted by Gasteiger charge is -1.94. The van der Waals surface area contributed by atoms with Crippen molar-refractivity contribution in [3.63, 3.8) is 0 Å². The number of ether oxygens (including phenoxy) is 1. The fourth-order valence-corrected chi connectivity index (χ4v) is 0.430. The second-order valence-corrected chi connectivity index (χ2v) is 1.48. The minimum atomic E-state index is 0.496. The maximum atomic E-state index is 4.80. The van der Waals surface area contributed by atoms with Crippen LogP contribution in [0.1, 0.15) is 0 Å². The predicted molar refractivity (Wildman–Crippen MR) is 39.7 cm³/mol. The predicted octanol–water partition coefficient (Wildman–Crippen LogP) is 1.40. The highest BCUT2D eigenvalue weighted by Crippen LogP contribution is 1.94. The van der Waals surface area contributed by atoms with E-state index in [2.05, 4.69) is 18.3 Å². The van der Waals surface area contributed by atoms with E-state index >= 15 is 0 Å².